The summed E-state index contributed by atoms with van der Waals surface area (Å²) in [4.78, 5) is 5.11. The summed E-state index contributed by atoms with van der Waals surface area (Å²) in [5.74, 6) is 0. The van der Waals surface area contributed by atoms with Crippen LogP contribution in [0.5, 0.6) is 0 Å². The molecule has 0 aliphatic carbocycles. The van der Waals surface area contributed by atoms with Gasteiger partial charge in [0, 0.05) is 44.3 Å². The van der Waals surface area contributed by atoms with Gasteiger partial charge in [0.15, 0.2) is 6.29 Å². The van der Waals surface area contributed by atoms with Gasteiger partial charge in [-0.3, -0.25) is 4.90 Å². The van der Waals surface area contributed by atoms with Gasteiger partial charge in [0.1, 0.15) is 0 Å². The van der Waals surface area contributed by atoms with E-state index in [1.807, 2.05) is 0 Å². The Labute approximate surface area is 127 Å². The first-order chi connectivity index (χ1) is 10.4. The first-order valence-corrected chi connectivity index (χ1v) is 8.14. The molecule has 0 aromatic heterocycles. The molecule has 1 aromatic carbocycles. The summed E-state index contributed by atoms with van der Waals surface area (Å²) in [6.45, 7) is 8.22. The molecule has 1 aromatic rings. The lowest BCUT2D eigenvalue weighted by molar-refractivity contribution is -0.0539. The number of anilines is 1. The number of piperazine rings is 1. The van der Waals surface area contributed by atoms with E-state index < -0.39 is 0 Å². The predicted molar refractivity (Wildman–Crippen MR) is 84.6 cm³/mol. The normalized spacial score (nSPS) is 24.6. The fourth-order valence-electron chi connectivity index (χ4n) is 3.29. The van der Waals surface area contributed by atoms with E-state index in [1.54, 1.807) is 0 Å². The van der Waals surface area contributed by atoms with Gasteiger partial charge in [0.25, 0.3) is 0 Å². The number of hydrogen-bond donors (Lipinski definition) is 0. The molecule has 4 heteroatoms. The van der Waals surface area contributed by atoms with E-state index in [4.69, 9.17) is 9.47 Å². The molecular formula is C17H26N2O2. The van der Waals surface area contributed by atoms with Crippen molar-refractivity contribution >= 4 is 5.69 Å². The largest absolute Gasteiger partial charge is 0.369 e. The van der Waals surface area contributed by atoms with E-state index in [0.29, 0.717) is 6.04 Å². The standard InChI is InChI=1S/C17H26N2O2/c1-2-15-14-19(16-6-4-3-5-7-16)11-10-18(15)9-8-17-20-12-13-21-17/h3-7,15,17H,2,8-14H2,1H3. The Morgan fingerprint density at radius 1 is 1.10 bits per heavy atom. The van der Waals surface area contributed by atoms with Gasteiger partial charge in [-0.05, 0) is 18.6 Å². The molecule has 0 radical (unpaired) electrons. The number of ether oxygens (including phenoxy) is 2. The molecule has 3 rings (SSSR count). The van der Waals surface area contributed by atoms with Crippen molar-refractivity contribution in [1.29, 1.82) is 0 Å². The van der Waals surface area contributed by atoms with Crippen LogP contribution in [0.3, 0.4) is 0 Å². The van der Waals surface area contributed by atoms with Crippen molar-refractivity contribution in [3.8, 4) is 0 Å². The predicted octanol–water partition coefficient (Wildman–Crippen LogP) is 2.35. The number of hydrogen-bond acceptors (Lipinski definition) is 4. The first kappa shape index (κ1) is 14.8. The third-order valence-electron chi connectivity index (χ3n) is 4.54. The molecule has 0 amide bonds. The zero-order chi connectivity index (χ0) is 14.5. The van der Waals surface area contributed by atoms with E-state index in [2.05, 4.69) is 47.1 Å². The van der Waals surface area contributed by atoms with E-state index in [-0.39, 0.29) is 6.29 Å². The maximum absolute atomic E-state index is 5.54. The van der Waals surface area contributed by atoms with Crippen LogP contribution in [0.2, 0.25) is 0 Å². The summed E-state index contributed by atoms with van der Waals surface area (Å²) in [7, 11) is 0. The molecule has 1 atom stereocenters. The number of benzene rings is 1. The van der Waals surface area contributed by atoms with Crippen LogP contribution >= 0.6 is 0 Å². The van der Waals surface area contributed by atoms with Crippen LogP contribution in [-0.2, 0) is 9.47 Å². The van der Waals surface area contributed by atoms with Crippen LogP contribution in [0, 0.1) is 0 Å². The van der Waals surface area contributed by atoms with Crippen LogP contribution in [0.1, 0.15) is 19.8 Å². The third-order valence-corrected chi connectivity index (χ3v) is 4.54. The maximum Gasteiger partial charge on any atom is 0.159 e. The van der Waals surface area contributed by atoms with Crippen LogP contribution in [0.25, 0.3) is 0 Å². The molecule has 2 aliphatic heterocycles. The van der Waals surface area contributed by atoms with E-state index in [0.717, 1.165) is 45.8 Å². The van der Waals surface area contributed by atoms with Crippen molar-refractivity contribution < 1.29 is 9.47 Å². The minimum Gasteiger partial charge on any atom is -0.369 e. The van der Waals surface area contributed by atoms with Crippen molar-refractivity contribution in [2.45, 2.75) is 32.1 Å². The van der Waals surface area contributed by atoms with E-state index >= 15 is 0 Å². The van der Waals surface area contributed by atoms with Crippen molar-refractivity contribution in [3.05, 3.63) is 30.3 Å². The highest BCUT2D eigenvalue weighted by Crippen LogP contribution is 2.21. The fraction of sp³-hybridized carbons (Fsp3) is 0.647. The zero-order valence-corrected chi connectivity index (χ0v) is 12.9. The highest BCUT2D eigenvalue weighted by atomic mass is 16.7. The lowest BCUT2D eigenvalue weighted by atomic mass is 10.1. The topological polar surface area (TPSA) is 24.9 Å². The molecule has 2 aliphatic rings. The van der Waals surface area contributed by atoms with Gasteiger partial charge >= 0.3 is 0 Å². The molecule has 116 valence electrons. The Kier molecular flexibility index (Phi) is 5.12. The van der Waals surface area contributed by atoms with Gasteiger partial charge in [0.2, 0.25) is 0 Å². The number of rotatable bonds is 5. The van der Waals surface area contributed by atoms with Crippen molar-refractivity contribution in [2.24, 2.45) is 0 Å². The lowest BCUT2D eigenvalue weighted by Crippen LogP contribution is -2.53. The highest BCUT2D eigenvalue weighted by molar-refractivity contribution is 5.46. The lowest BCUT2D eigenvalue weighted by Gasteiger charge is -2.42. The smallest absolute Gasteiger partial charge is 0.159 e. The Balaban J connectivity index is 1.53. The Hall–Kier alpha value is -1.10. The van der Waals surface area contributed by atoms with Crippen LogP contribution in [0.4, 0.5) is 5.69 Å². The summed E-state index contributed by atoms with van der Waals surface area (Å²) < 4.78 is 11.1. The van der Waals surface area contributed by atoms with Crippen LogP contribution in [0.15, 0.2) is 30.3 Å². The summed E-state index contributed by atoms with van der Waals surface area (Å²) in [6, 6.07) is 11.4. The summed E-state index contributed by atoms with van der Waals surface area (Å²) >= 11 is 0. The minimum atomic E-state index is 0.0228. The van der Waals surface area contributed by atoms with E-state index in [9.17, 15) is 0 Å². The molecular weight excluding hydrogens is 264 g/mol. The van der Waals surface area contributed by atoms with Gasteiger partial charge < -0.3 is 14.4 Å². The second kappa shape index (κ2) is 7.25. The second-order valence-electron chi connectivity index (χ2n) is 5.84. The summed E-state index contributed by atoms with van der Waals surface area (Å²) in [5.41, 5.74) is 1.35. The van der Waals surface area contributed by atoms with Crippen molar-refractivity contribution in [1.82, 2.24) is 4.90 Å². The quantitative estimate of drug-likeness (QED) is 0.831. The Morgan fingerprint density at radius 3 is 2.57 bits per heavy atom. The van der Waals surface area contributed by atoms with E-state index in [1.165, 1.54) is 12.1 Å². The first-order valence-electron chi connectivity index (χ1n) is 8.14. The molecule has 2 saturated heterocycles. The maximum atomic E-state index is 5.54. The molecule has 2 fully saturated rings. The average molecular weight is 290 g/mol. The molecule has 0 bridgehead atoms. The molecule has 0 spiro atoms. The van der Waals surface area contributed by atoms with Gasteiger partial charge in [-0.2, -0.15) is 0 Å². The van der Waals surface area contributed by atoms with Gasteiger partial charge in [-0.25, -0.2) is 0 Å². The Morgan fingerprint density at radius 2 is 1.86 bits per heavy atom. The van der Waals surface area contributed by atoms with Crippen molar-refractivity contribution in [2.75, 3.05) is 44.3 Å². The summed E-state index contributed by atoms with van der Waals surface area (Å²) in [6.07, 6.45) is 2.20. The number of nitrogens with zero attached hydrogens (tertiary/aromatic N) is 2. The molecule has 21 heavy (non-hydrogen) atoms. The monoisotopic (exact) mass is 290 g/mol. The zero-order valence-electron chi connectivity index (χ0n) is 12.9. The minimum absolute atomic E-state index is 0.0228. The molecule has 0 saturated carbocycles. The average Bonchev–Trinajstić information content (AvgIpc) is 3.07. The van der Waals surface area contributed by atoms with Gasteiger partial charge in [0.05, 0.1) is 13.2 Å². The van der Waals surface area contributed by atoms with Gasteiger partial charge in [-0.1, -0.05) is 25.1 Å². The molecule has 4 nitrogen and oxygen atoms in total. The van der Waals surface area contributed by atoms with Crippen LogP contribution in [-0.4, -0.2) is 56.6 Å². The highest BCUT2D eigenvalue weighted by Gasteiger charge is 2.27. The van der Waals surface area contributed by atoms with Crippen molar-refractivity contribution in [3.63, 3.8) is 0 Å². The van der Waals surface area contributed by atoms with Crippen LogP contribution < -0.4 is 4.90 Å². The second-order valence-corrected chi connectivity index (χ2v) is 5.84. The molecule has 1 unspecified atom stereocenters. The van der Waals surface area contributed by atoms with Gasteiger partial charge in [-0.15, -0.1) is 0 Å². The number of para-hydroxylation sites is 1. The third kappa shape index (κ3) is 3.76. The molecule has 0 N–H and O–H groups in total. The summed E-state index contributed by atoms with van der Waals surface area (Å²) in [5, 5.41) is 0. The Bertz CT molecular complexity index is 420. The SMILES string of the molecule is CCC1CN(c2ccccc2)CCN1CCC1OCCO1. The fourth-order valence-corrected chi connectivity index (χ4v) is 3.29. The molecule has 2 heterocycles.